The van der Waals surface area contributed by atoms with E-state index >= 15 is 0 Å². The van der Waals surface area contributed by atoms with Gasteiger partial charge in [-0.1, -0.05) is 41.9 Å². The van der Waals surface area contributed by atoms with Gasteiger partial charge in [0, 0.05) is 5.56 Å². The Morgan fingerprint density at radius 2 is 1.96 bits per heavy atom. The monoisotopic (exact) mass is 363 g/mol. The Hall–Kier alpha value is -2.91. The van der Waals surface area contributed by atoms with E-state index in [0.29, 0.717) is 11.1 Å². The fraction of sp³-hybridized carbons (Fsp3) is 0.111. The van der Waals surface area contributed by atoms with Gasteiger partial charge >= 0.3 is 6.61 Å². The third-order valence-electron chi connectivity index (χ3n) is 3.17. The van der Waals surface area contributed by atoms with E-state index < -0.39 is 12.4 Å². The SMILES string of the molecule is COc1cc(/C=C(\C#N)C(=O)c2ccccc2)cc(Cl)c1OC(F)F. The quantitative estimate of drug-likeness (QED) is 0.422. The predicted molar refractivity (Wildman–Crippen MR) is 89.0 cm³/mol. The number of nitrogens with zero attached hydrogens (tertiary/aromatic N) is 1. The van der Waals surface area contributed by atoms with Crippen molar-refractivity contribution in [3.8, 4) is 17.6 Å². The van der Waals surface area contributed by atoms with Gasteiger partial charge in [-0.2, -0.15) is 14.0 Å². The van der Waals surface area contributed by atoms with E-state index in [0.717, 1.165) is 0 Å². The molecule has 0 heterocycles. The number of benzene rings is 2. The fourth-order valence-electron chi connectivity index (χ4n) is 2.09. The maximum atomic E-state index is 12.4. The number of Topliss-reactive ketones (excluding diaryl/α,β-unsaturated/α-hetero) is 1. The third-order valence-corrected chi connectivity index (χ3v) is 3.45. The lowest BCUT2D eigenvalue weighted by Crippen LogP contribution is -2.05. The molecule has 0 aliphatic carbocycles. The van der Waals surface area contributed by atoms with Gasteiger partial charge in [0.05, 0.1) is 12.1 Å². The van der Waals surface area contributed by atoms with Crippen molar-refractivity contribution in [1.82, 2.24) is 0 Å². The Morgan fingerprint density at radius 3 is 2.52 bits per heavy atom. The van der Waals surface area contributed by atoms with Gasteiger partial charge in [-0.3, -0.25) is 4.79 Å². The second-order valence-corrected chi connectivity index (χ2v) is 5.18. The lowest BCUT2D eigenvalue weighted by Gasteiger charge is -2.12. The number of alkyl halides is 2. The number of nitriles is 1. The van der Waals surface area contributed by atoms with Crippen molar-refractivity contribution in [2.45, 2.75) is 6.61 Å². The summed E-state index contributed by atoms with van der Waals surface area (Å²) in [5.41, 5.74) is 0.558. The van der Waals surface area contributed by atoms with Crippen LogP contribution in [0.1, 0.15) is 15.9 Å². The molecule has 0 bridgehead atoms. The van der Waals surface area contributed by atoms with Gasteiger partial charge < -0.3 is 9.47 Å². The number of ether oxygens (including phenoxy) is 2. The maximum Gasteiger partial charge on any atom is 0.387 e. The summed E-state index contributed by atoms with van der Waals surface area (Å²) < 4.78 is 34.2. The Labute approximate surface area is 147 Å². The van der Waals surface area contributed by atoms with Crippen molar-refractivity contribution >= 4 is 23.5 Å². The third kappa shape index (κ3) is 4.55. The van der Waals surface area contributed by atoms with Gasteiger partial charge in [0.2, 0.25) is 5.78 Å². The minimum Gasteiger partial charge on any atom is -0.493 e. The zero-order valence-corrected chi connectivity index (χ0v) is 13.8. The van der Waals surface area contributed by atoms with Crippen molar-refractivity contribution in [1.29, 1.82) is 5.26 Å². The Kier molecular flexibility index (Phi) is 6.09. The highest BCUT2D eigenvalue weighted by Gasteiger charge is 2.17. The topological polar surface area (TPSA) is 59.3 Å². The first-order valence-corrected chi connectivity index (χ1v) is 7.38. The summed E-state index contributed by atoms with van der Waals surface area (Å²) in [7, 11) is 1.26. The molecular weight excluding hydrogens is 352 g/mol. The van der Waals surface area contributed by atoms with Crippen LogP contribution in [0.2, 0.25) is 5.02 Å². The number of ketones is 1. The number of allylic oxidation sites excluding steroid dienone is 1. The van der Waals surface area contributed by atoms with Gasteiger partial charge in [-0.25, -0.2) is 0 Å². The van der Waals surface area contributed by atoms with Gasteiger partial charge in [0.25, 0.3) is 0 Å². The van der Waals surface area contributed by atoms with Crippen molar-refractivity contribution < 1.29 is 23.0 Å². The number of hydrogen-bond acceptors (Lipinski definition) is 4. The van der Waals surface area contributed by atoms with Crippen LogP contribution in [0.5, 0.6) is 11.5 Å². The molecule has 2 aromatic rings. The highest BCUT2D eigenvalue weighted by atomic mass is 35.5. The maximum absolute atomic E-state index is 12.4. The summed E-state index contributed by atoms with van der Waals surface area (Å²) in [5.74, 6) is -0.821. The van der Waals surface area contributed by atoms with E-state index in [9.17, 15) is 18.8 Å². The molecule has 0 spiro atoms. The molecule has 0 fully saturated rings. The van der Waals surface area contributed by atoms with Gasteiger partial charge in [0.15, 0.2) is 11.5 Å². The van der Waals surface area contributed by atoms with Crippen LogP contribution in [0.3, 0.4) is 0 Å². The molecular formula is C18H12ClF2NO3. The van der Waals surface area contributed by atoms with Crippen LogP contribution in [0, 0.1) is 11.3 Å². The largest absolute Gasteiger partial charge is 0.493 e. The first kappa shape index (κ1) is 18.4. The Bertz CT molecular complexity index is 845. The van der Waals surface area contributed by atoms with Gasteiger partial charge in [0.1, 0.15) is 11.6 Å². The molecule has 0 unspecified atom stereocenters. The summed E-state index contributed by atoms with van der Waals surface area (Å²) in [6.07, 6.45) is 1.30. The Balaban J connectivity index is 2.43. The molecule has 2 rings (SSSR count). The molecule has 0 aliphatic rings. The van der Waals surface area contributed by atoms with Gasteiger partial charge in [-0.05, 0) is 23.8 Å². The molecule has 0 amide bonds. The second-order valence-electron chi connectivity index (χ2n) is 4.78. The van der Waals surface area contributed by atoms with Crippen LogP contribution in [0.15, 0.2) is 48.0 Å². The lowest BCUT2D eigenvalue weighted by atomic mass is 10.0. The van der Waals surface area contributed by atoms with Crippen molar-refractivity contribution in [3.05, 3.63) is 64.2 Å². The normalized spacial score (nSPS) is 11.1. The number of carbonyl (C=O) groups excluding carboxylic acids is 1. The first-order valence-electron chi connectivity index (χ1n) is 7.00. The summed E-state index contributed by atoms with van der Waals surface area (Å²) >= 11 is 5.95. The number of carbonyl (C=O) groups is 1. The number of halogens is 3. The fourth-order valence-corrected chi connectivity index (χ4v) is 2.35. The molecule has 4 nitrogen and oxygen atoms in total. The van der Waals surface area contributed by atoms with E-state index in [1.165, 1.54) is 25.3 Å². The molecule has 25 heavy (non-hydrogen) atoms. The average Bonchev–Trinajstić information content (AvgIpc) is 2.61. The van der Waals surface area contributed by atoms with Gasteiger partial charge in [-0.15, -0.1) is 0 Å². The van der Waals surface area contributed by atoms with E-state index in [4.69, 9.17) is 16.3 Å². The van der Waals surface area contributed by atoms with Crippen LogP contribution in [-0.2, 0) is 0 Å². The van der Waals surface area contributed by atoms with E-state index in [1.54, 1.807) is 30.3 Å². The number of methoxy groups -OCH3 is 1. The van der Waals surface area contributed by atoms with E-state index in [2.05, 4.69) is 4.74 Å². The second kappa shape index (κ2) is 8.27. The first-order chi connectivity index (χ1) is 12.0. The molecule has 0 N–H and O–H groups in total. The molecule has 7 heteroatoms. The molecule has 2 aromatic carbocycles. The highest BCUT2D eigenvalue weighted by Crippen LogP contribution is 2.38. The van der Waals surface area contributed by atoms with Crippen molar-refractivity contribution in [3.63, 3.8) is 0 Å². The molecule has 128 valence electrons. The molecule has 0 aromatic heterocycles. The smallest absolute Gasteiger partial charge is 0.387 e. The summed E-state index contributed by atoms with van der Waals surface area (Å²) in [6, 6.07) is 12.8. The zero-order chi connectivity index (χ0) is 18.4. The van der Waals surface area contributed by atoms with E-state index in [1.807, 2.05) is 6.07 Å². The zero-order valence-electron chi connectivity index (χ0n) is 13.0. The van der Waals surface area contributed by atoms with Crippen molar-refractivity contribution in [2.24, 2.45) is 0 Å². The van der Waals surface area contributed by atoms with E-state index in [-0.39, 0.29) is 22.1 Å². The average molecular weight is 364 g/mol. The molecule has 0 radical (unpaired) electrons. The van der Waals surface area contributed by atoms with Crippen LogP contribution in [0.25, 0.3) is 6.08 Å². The summed E-state index contributed by atoms with van der Waals surface area (Å²) in [4.78, 5) is 12.4. The molecule has 0 saturated carbocycles. The molecule has 0 saturated heterocycles. The summed E-state index contributed by atoms with van der Waals surface area (Å²) in [6.45, 7) is -3.07. The van der Waals surface area contributed by atoms with Crippen LogP contribution >= 0.6 is 11.6 Å². The van der Waals surface area contributed by atoms with Crippen LogP contribution < -0.4 is 9.47 Å². The lowest BCUT2D eigenvalue weighted by molar-refractivity contribution is -0.0511. The number of hydrogen-bond donors (Lipinski definition) is 0. The minimum absolute atomic E-state index is 0.0384. The van der Waals surface area contributed by atoms with Crippen LogP contribution in [-0.4, -0.2) is 19.5 Å². The summed E-state index contributed by atoms with van der Waals surface area (Å²) in [5, 5.41) is 9.13. The molecule has 0 atom stereocenters. The standard InChI is InChI=1S/C18H12ClF2NO3/c1-24-15-9-11(8-14(19)17(15)25-18(20)21)7-13(10-22)16(23)12-5-3-2-4-6-12/h2-9,18H,1H3/b13-7+. The molecule has 0 aliphatic heterocycles. The highest BCUT2D eigenvalue weighted by molar-refractivity contribution is 6.32. The predicted octanol–water partition coefficient (Wildman–Crippen LogP) is 4.74. The van der Waals surface area contributed by atoms with Crippen LogP contribution in [0.4, 0.5) is 8.78 Å². The minimum atomic E-state index is -3.07. The van der Waals surface area contributed by atoms with Crippen molar-refractivity contribution in [2.75, 3.05) is 7.11 Å². The number of rotatable bonds is 6. The Morgan fingerprint density at radius 1 is 1.28 bits per heavy atom.